The van der Waals surface area contributed by atoms with Gasteiger partial charge in [-0.3, -0.25) is 0 Å². The van der Waals surface area contributed by atoms with Crippen molar-refractivity contribution in [2.75, 3.05) is 19.6 Å². The maximum Gasteiger partial charge on any atom is 0.122 e. The van der Waals surface area contributed by atoms with Crippen LogP contribution in [0.5, 0.6) is 0 Å². The molecule has 1 aliphatic heterocycles. The number of hydrogen-bond donors (Lipinski definition) is 1. The zero-order valence-electron chi connectivity index (χ0n) is 11.2. The van der Waals surface area contributed by atoms with E-state index in [-0.39, 0.29) is 0 Å². The lowest BCUT2D eigenvalue weighted by atomic mass is 10.1. The van der Waals surface area contributed by atoms with Crippen molar-refractivity contribution in [3.8, 4) is 0 Å². The SMILES string of the molecule is CC(C)N1CCC(CNCc2nccn2C)C1. The Balaban J connectivity index is 1.68. The van der Waals surface area contributed by atoms with E-state index >= 15 is 0 Å². The highest BCUT2D eigenvalue weighted by molar-refractivity contribution is 4.90. The summed E-state index contributed by atoms with van der Waals surface area (Å²) in [5.41, 5.74) is 0. The summed E-state index contributed by atoms with van der Waals surface area (Å²) in [7, 11) is 2.04. The number of nitrogens with zero attached hydrogens (tertiary/aromatic N) is 3. The predicted octanol–water partition coefficient (Wildman–Crippen LogP) is 1.24. The van der Waals surface area contributed by atoms with Crippen LogP contribution >= 0.6 is 0 Å². The maximum absolute atomic E-state index is 4.31. The van der Waals surface area contributed by atoms with Crippen LogP contribution in [0.25, 0.3) is 0 Å². The van der Waals surface area contributed by atoms with E-state index in [1.165, 1.54) is 19.5 Å². The summed E-state index contributed by atoms with van der Waals surface area (Å²) in [6.07, 6.45) is 5.17. The van der Waals surface area contributed by atoms with Crippen LogP contribution in [0.3, 0.4) is 0 Å². The van der Waals surface area contributed by atoms with Crippen molar-refractivity contribution in [2.45, 2.75) is 32.9 Å². The molecule has 1 atom stereocenters. The number of rotatable bonds is 5. The summed E-state index contributed by atoms with van der Waals surface area (Å²) in [6, 6.07) is 0.689. The van der Waals surface area contributed by atoms with E-state index in [1.54, 1.807) is 0 Å². The molecule has 2 rings (SSSR count). The molecule has 0 amide bonds. The lowest BCUT2D eigenvalue weighted by Crippen LogP contribution is -2.30. The summed E-state index contributed by atoms with van der Waals surface area (Å²) in [5.74, 6) is 1.92. The van der Waals surface area contributed by atoms with Gasteiger partial charge in [0.2, 0.25) is 0 Å². The minimum Gasteiger partial charge on any atom is -0.337 e. The van der Waals surface area contributed by atoms with E-state index in [2.05, 4.69) is 33.6 Å². The third-order valence-electron chi connectivity index (χ3n) is 3.68. The van der Waals surface area contributed by atoms with Gasteiger partial charge in [0.05, 0.1) is 6.54 Å². The summed E-state index contributed by atoms with van der Waals surface area (Å²) in [6.45, 7) is 9.04. The topological polar surface area (TPSA) is 33.1 Å². The van der Waals surface area contributed by atoms with Gasteiger partial charge in [0, 0.05) is 32.0 Å². The molecule has 17 heavy (non-hydrogen) atoms. The largest absolute Gasteiger partial charge is 0.337 e. The molecule has 4 heteroatoms. The Kier molecular flexibility index (Phi) is 4.18. The third kappa shape index (κ3) is 3.30. The van der Waals surface area contributed by atoms with E-state index in [0.29, 0.717) is 6.04 Å². The zero-order valence-corrected chi connectivity index (χ0v) is 11.2. The Hall–Kier alpha value is -0.870. The summed E-state index contributed by atoms with van der Waals surface area (Å²) in [5, 5.41) is 3.52. The Labute approximate surface area is 104 Å². The molecule has 1 aromatic heterocycles. The van der Waals surface area contributed by atoms with Crippen molar-refractivity contribution < 1.29 is 0 Å². The normalized spacial score (nSPS) is 21.5. The van der Waals surface area contributed by atoms with Crippen molar-refractivity contribution in [1.29, 1.82) is 0 Å². The Morgan fingerprint density at radius 2 is 2.35 bits per heavy atom. The first kappa shape index (κ1) is 12.6. The van der Waals surface area contributed by atoms with E-state index in [1.807, 2.05) is 19.4 Å². The van der Waals surface area contributed by atoms with E-state index in [9.17, 15) is 0 Å². The van der Waals surface area contributed by atoms with Gasteiger partial charge in [-0.25, -0.2) is 4.98 Å². The lowest BCUT2D eigenvalue weighted by Gasteiger charge is -2.20. The van der Waals surface area contributed by atoms with Gasteiger partial charge < -0.3 is 14.8 Å². The first-order valence-corrected chi connectivity index (χ1v) is 6.57. The second kappa shape index (κ2) is 5.65. The van der Waals surface area contributed by atoms with Crippen molar-refractivity contribution in [3.63, 3.8) is 0 Å². The molecule has 0 saturated carbocycles. The molecule has 1 fully saturated rings. The lowest BCUT2D eigenvalue weighted by molar-refractivity contribution is 0.264. The quantitative estimate of drug-likeness (QED) is 0.835. The molecule has 2 heterocycles. The summed E-state index contributed by atoms with van der Waals surface area (Å²) < 4.78 is 2.07. The van der Waals surface area contributed by atoms with Crippen molar-refractivity contribution in [3.05, 3.63) is 18.2 Å². The molecule has 0 radical (unpaired) electrons. The van der Waals surface area contributed by atoms with Gasteiger partial charge in [0.1, 0.15) is 5.82 Å². The minimum absolute atomic E-state index is 0.689. The predicted molar refractivity (Wildman–Crippen MR) is 69.7 cm³/mol. The Morgan fingerprint density at radius 1 is 1.53 bits per heavy atom. The summed E-state index contributed by atoms with van der Waals surface area (Å²) in [4.78, 5) is 6.88. The third-order valence-corrected chi connectivity index (χ3v) is 3.68. The molecule has 0 bridgehead atoms. The zero-order chi connectivity index (χ0) is 12.3. The number of imidazole rings is 1. The fraction of sp³-hybridized carbons (Fsp3) is 0.769. The van der Waals surface area contributed by atoms with Crippen LogP contribution in [0.2, 0.25) is 0 Å². The fourth-order valence-corrected chi connectivity index (χ4v) is 2.45. The van der Waals surface area contributed by atoms with Gasteiger partial charge in [-0.05, 0) is 39.3 Å². The second-order valence-corrected chi connectivity index (χ2v) is 5.33. The van der Waals surface area contributed by atoms with Crippen LogP contribution in [-0.4, -0.2) is 40.1 Å². The number of nitrogens with one attached hydrogen (secondary N) is 1. The van der Waals surface area contributed by atoms with E-state index < -0.39 is 0 Å². The monoisotopic (exact) mass is 236 g/mol. The fourth-order valence-electron chi connectivity index (χ4n) is 2.45. The molecule has 1 unspecified atom stereocenters. The molecular formula is C13H24N4. The van der Waals surface area contributed by atoms with Crippen LogP contribution in [0.15, 0.2) is 12.4 Å². The second-order valence-electron chi connectivity index (χ2n) is 5.33. The van der Waals surface area contributed by atoms with Crippen LogP contribution in [-0.2, 0) is 13.6 Å². The van der Waals surface area contributed by atoms with Crippen LogP contribution in [0.1, 0.15) is 26.1 Å². The highest BCUT2D eigenvalue weighted by atomic mass is 15.2. The number of aryl methyl sites for hydroxylation is 1. The van der Waals surface area contributed by atoms with Gasteiger partial charge in [0.15, 0.2) is 0 Å². The standard InChI is InChI=1S/C13H24N4/c1-11(2)17-6-4-12(10-17)8-14-9-13-15-5-7-16(13)3/h5,7,11-12,14H,4,6,8-10H2,1-3H3. The molecule has 1 saturated heterocycles. The number of likely N-dealkylation sites (tertiary alicyclic amines) is 1. The molecule has 1 aliphatic rings. The average molecular weight is 236 g/mol. The maximum atomic E-state index is 4.31. The van der Waals surface area contributed by atoms with Gasteiger partial charge in [-0.2, -0.15) is 0 Å². The minimum atomic E-state index is 0.689. The first-order chi connectivity index (χ1) is 8.16. The van der Waals surface area contributed by atoms with Crippen LogP contribution in [0, 0.1) is 5.92 Å². The Morgan fingerprint density at radius 3 is 2.94 bits per heavy atom. The van der Waals surface area contributed by atoms with Gasteiger partial charge in [-0.15, -0.1) is 0 Å². The number of hydrogen-bond acceptors (Lipinski definition) is 3. The highest BCUT2D eigenvalue weighted by Gasteiger charge is 2.23. The first-order valence-electron chi connectivity index (χ1n) is 6.57. The number of aromatic nitrogens is 2. The van der Waals surface area contributed by atoms with Crippen LogP contribution in [0.4, 0.5) is 0 Å². The molecule has 0 spiro atoms. The van der Waals surface area contributed by atoms with Crippen molar-refractivity contribution in [2.24, 2.45) is 13.0 Å². The van der Waals surface area contributed by atoms with Crippen molar-refractivity contribution in [1.82, 2.24) is 19.8 Å². The molecule has 96 valence electrons. The van der Waals surface area contributed by atoms with Crippen molar-refractivity contribution >= 4 is 0 Å². The Bertz CT molecular complexity index is 345. The van der Waals surface area contributed by atoms with Crippen LogP contribution < -0.4 is 5.32 Å². The van der Waals surface area contributed by atoms with Gasteiger partial charge in [0.25, 0.3) is 0 Å². The molecular weight excluding hydrogens is 212 g/mol. The summed E-state index contributed by atoms with van der Waals surface area (Å²) >= 11 is 0. The molecule has 1 N–H and O–H groups in total. The van der Waals surface area contributed by atoms with E-state index in [0.717, 1.165) is 24.8 Å². The molecule has 0 aliphatic carbocycles. The molecule has 0 aromatic carbocycles. The average Bonchev–Trinajstić information content (AvgIpc) is 2.89. The smallest absolute Gasteiger partial charge is 0.122 e. The van der Waals surface area contributed by atoms with E-state index in [4.69, 9.17) is 0 Å². The van der Waals surface area contributed by atoms with Gasteiger partial charge in [-0.1, -0.05) is 0 Å². The molecule has 4 nitrogen and oxygen atoms in total. The van der Waals surface area contributed by atoms with Gasteiger partial charge >= 0.3 is 0 Å². The highest BCUT2D eigenvalue weighted by Crippen LogP contribution is 2.17. The molecule has 1 aromatic rings.